The molecule has 0 unspecified atom stereocenters. The van der Waals surface area contributed by atoms with Gasteiger partial charge in [-0.05, 0) is 18.2 Å². The highest BCUT2D eigenvalue weighted by Gasteiger charge is 2.03. The third-order valence-corrected chi connectivity index (χ3v) is 2.51. The van der Waals surface area contributed by atoms with Crippen LogP contribution in [0.25, 0.3) is 10.9 Å². The average Bonchev–Trinajstić information content (AvgIpc) is 2.74. The molecule has 0 aliphatic carbocycles. The minimum Gasteiger partial charge on any atom is -0.432 e. The molecule has 5 nitrogen and oxygen atoms in total. The smallest absolute Gasteiger partial charge is 0.321 e. The van der Waals surface area contributed by atoms with Crippen LogP contribution in [0.3, 0.4) is 0 Å². The minimum absolute atomic E-state index is 0.337. The van der Waals surface area contributed by atoms with Crippen LogP contribution in [0.4, 0.5) is 5.69 Å². The number of rotatable bonds is 1. The highest BCUT2D eigenvalue weighted by atomic mass is 16.3. The van der Waals surface area contributed by atoms with Gasteiger partial charge in [0.2, 0.25) is 0 Å². The fourth-order valence-corrected chi connectivity index (χ4v) is 1.69. The summed E-state index contributed by atoms with van der Waals surface area (Å²) in [6, 6.07) is 7.56. The molecule has 1 aromatic carbocycles. The summed E-state index contributed by atoms with van der Waals surface area (Å²) in [5, 5.41) is 5.19. The van der Waals surface area contributed by atoms with Gasteiger partial charge < -0.3 is 4.42 Å². The Kier molecular flexibility index (Phi) is 2.22. The molecule has 0 aliphatic heterocycles. The molecule has 3 rings (SSSR count). The third kappa shape index (κ3) is 1.71. The molecule has 0 saturated heterocycles. The fraction of sp³-hybridized carbons (Fsp3) is 0.0833. The van der Waals surface area contributed by atoms with Crippen LogP contribution in [-0.2, 0) is 7.05 Å². The lowest BCUT2D eigenvalue weighted by atomic mass is 10.2. The second-order valence-electron chi connectivity index (χ2n) is 3.60. The normalized spacial score (nSPS) is 12.2. The van der Waals surface area contributed by atoms with Crippen molar-refractivity contribution < 1.29 is 4.42 Å². The first-order valence-electron chi connectivity index (χ1n) is 5.20. The lowest BCUT2D eigenvalue weighted by Crippen LogP contribution is -2.03. The molecule has 0 spiro atoms. The summed E-state index contributed by atoms with van der Waals surface area (Å²) in [5.74, 6) is 0. The molecule has 17 heavy (non-hydrogen) atoms. The van der Waals surface area contributed by atoms with E-state index in [2.05, 4.69) is 15.1 Å². The molecule has 0 aliphatic rings. The summed E-state index contributed by atoms with van der Waals surface area (Å²) in [4.78, 5) is 8.38. The molecule has 0 N–H and O–H groups in total. The maximum atomic E-state index is 5.18. The summed E-state index contributed by atoms with van der Waals surface area (Å²) in [7, 11) is 1.90. The number of benzene rings is 1. The molecule has 0 atom stereocenters. The van der Waals surface area contributed by atoms with Crippen LogP contribution in [0, 0.1) is 0 Å². The van der Waals surface area contributed by atoms with E-state index in [1.165, 1.54) is 0 Å². The van der Waals surface area contributed by atoms with Gasteiger partial charge in [-0.25, -0.2) is 4.98 Å². The van der Waals surface area contributed by atoms with Crippen LogP contribution < -0.4 is 5.68 Å². The summed E-state index contributed by atoms with van der Waals surface area (Å²) >= 11 is 0. The molecular formula is C12H10N4O. The van der Waals surface area contributed by atoms with E-state index in [-0.39, 0.29) is 0 Å². The predicted molar refractivity (Wildman–Crippen MR) is 62.4 cm³/mol. The fourth-order valence-electron chi connectivity index (χ4n) is 1.69. The number of aromatic nitrogens is 3. The maximum absolute atomic E-state index is 5.18. The van der Waals surface area contributed by atoms with Gasteiger partial charge in [-0.15, -0.1) is 0 Å². The van der Waals surface area contributed by atoms with Gasteiger partial charge in [0.1, 0.15) is 0 Å². The molecule has 3 aromatic rings. The zero-order chi connectivity index (χ0) is 11.7. The van der Waals surface area contributed by atoms with E-state index >= 15 is 0 Å². The second-order valence-corrected chi connectivity index (χ2v) is 3.60. The molecule has 0 fully saturated rings. The molecule has 0 saturated carbocycles. The first-order valence-corrected chi connectivity index (χ1v) is 5.20. The number of hydrogen-bond donors (Lipinski definition) is 0. The zero-order valence-electron chi connectivity index (χ0n) is 9.24. The Morgan fingerprint density at radius 3 is 3.06 bits per heavy atom. The van der Waals surface area contributed by atoms with Gasteiger partial charge in [-0.2, -0.15) is 10.1 Å². The highest BCUT2D eigenvalue weighted by Crippen LogP contribution is 2.24. The first kappa shape index (κ1) is 9.77. The molecule has 0 radical (unpaired) electrons. The van der Waals surface area contributed by atoms with Crippen LogP contribution in [0.5, 0.6) is 0 Å². The summed E-state index contributed by atoms with van der Waals surface area (Å²) < 4.78 is 6.99. The van der Waals surface area contributed by atoms with Crippen molar-refractivity contribution in [2.75, 3.05) is 0 Å². The van der Waals surface area contributed by atoms with Crippen LogP contribution in [0.15, 0.2) is 52.3 Å². The summed E-state index contributed by atoms with van der Waals surface area (Å²) in [6.45, 7) is 0. The standard InChI is InChI=1S/C12H10N4O/c1-16-11-5-2-4-10(9(11)8-14-16)15-12-13-6-3-7-17-12/h2-8H,1H3. The molecule has 0 amide bonds. The monoisotopic (exact) mass is 226 g/mol. The molecular weight excluding hydrogens is 216 g/mol. The number of nitrogens with zero attached hydrogens (tertiary/aromatic N) is 4. The van der Waals surface area contributed by atoms with Crippen molar-refractivity contribution >= 4 is 16.6 Å². The second kappa shape index (κ2) is 3.86. The van der Waals surface area contributed by atoms with Crippen molar-refractivity contribution in [1.82, 2.24) is 14.8 Å². The molecule has 2 heterocycles. The average molecular weight is 226 g/mol. The van der Waals surface area contributed by atoms with Crippen molar-refractivity contribution in [2.24, 2.45) is 12.0 Å². The largest absolute Gasteiger partial charge is 0.432 e. The maximum Gasteiger partial charge on any atom is 0.321 e. The Balaban J connectivity index is 2.26. The summed E-state index contributed by atoms with van der Waals surface area (Å²) in [6.07, 6.45) is 4.98. The molecule has 0 bridgehead atoms. The van der Waals surface area contributed by atoms with Crippen molar-refractivity contribution in [3.63, 3.8) is 0 Å². The number of hydrogen-bond acceptors (Lipinski definition) is 4. The lowest BCUT2D eigenvalue weighted by Gasteiger charge is -1.96. The van der Waals surface area contributed by atoms with Gasteiger partial charge >= 0.3 is 5.68 Å². The first-order chi connectivity index (χ1) is 8.34. The summed E-state index contributed by atoms with van der Waals surface area (Å²) in [5.41, 5.74) is 2.17. The predicted octanol–water partition coefficient (Wildman–Crippen LogP) is 1.79. The quantitative estimate of drug-likeness (QED) is 0.635. The van der Waals surface area contributed by atoms with E-state index in [1.807, 2.05) is 29.9 Å². The van der Waals surface area contributed by atoms with Crippen LogP contribution >= 0.6 is 0 Å². The van der Waals surface area contributed by atoms with E-state index in [9.17, 15) is 0 Å². The van der Waals surface area contributed by atoms with Crippen LogP contribution in [0.1, 0.15) is 0 Å². The number of aryl methyl sites for hydroxylation is 1. The Morgan fingerprint density at radius 1 is 1.29 bits per heavy atom. The van der Waals surface area contributed by atoms with Crippen LogP contribution in [0.2, 0.25) is 0 Å². The van der Waals surface area contributed by atoms with Gasteiger partial charge in [0.15, 0.2) is 0 Å². The van der Waals surface area contributed by atoms with E-state index < -0.39 is 0 Å². The Hall–Kier alpha value is -2.43. The van der Waals surface area contributed by atoms with Crippen molar-refractivity contribution in [2.45, 2.75) is 0 Å². The van der Waals surface area contributed by atoms with Gasteiger partial charge in [0, 0.05) is 18.6 Å². The highest BCUT2D eigenvalue weighted by molar-refractivity contribution is 5.89. The van der Waals surface area contributed by atoms with Gasteiger partial charge in [-0.3, -0.25) is 4.68 Å². The van der Waals surface area contributed by atoms with Crippen molar-refractivity contribution in [3.05, 3.63) is 48.6 Å². The third-order valence-electron chi connectivity index (χ3n) is 2.51. The Bertz CT molecular complexity index is 709. The van der Waals surface area contributed by atoms with Gasteiger partial charge in [-0.1, -0.05) is 6.07 Å². The minimum atomic E-state index is 0.337. The van der Waals surface area contributed by atoms with Crippen molar-refractivity contribution in [1.29, 1.82) is 0 Å². The Labute approximate surface area is 97.1 Å². The molecule has 5 heteroatoms. The van der Waals surface area contributed by atoms with E-state index in [0.717, 1.165) is 16.6 Å². The van der Waals surface area contributed by atoms with E-state index in [1.54, 1.807) is 24.7 Å². The number of fused-ring (bicyclic) bond motifs is 1. The van der Waals surface area contributed by atoms with Crippen LogP contribution in [-0.4, -0.2) is 14.8 Å². The van der Waals surface area contributed by atoms with E-state index in [0.29, 0.717) is 5.68 Å². The van der Waals surface area contributed by atoms with E-state index in [4.69, 9.17) is 4.42 Å². The SMILES string of the molecule is Cn1ncc2c(N=c3nccco3)cccc21. The zero-order valence-corrected chi connectivity index (χ0v) is 9.24. The molecule has 84 valence electrons. The molecule has 2 aromatic heterocycles. The Morgan fingerprint density at radius 2 is 2.24 bits per heavy atom. The van der Waals surface area contributed by atoms with Gasteiger partial charge in [0.05, 0.1) is 23.7 Å². The van der Waals surface area contributed by atoms with Gasteiger partial charge in [0.25, 0.3) is 0 Å². The van der Waals surface area contributed by atoms with Crippen molar-refractivity contribution in [3.8, 4) is 0 Å². The lowest BCUT2D eigenvalue weighted by molar-refractivity contribution is 0.468. The topological polar surface area (TPSA) is 56.2 Å².